The van der Waals surface area contributed by atoms with Crippen LogP contribution in [0.2, 0.25) is 0 Å². The number of nitrogens with zero attached hydrogens (tertiary/aromatic N) is 2. The van der Waals surface area contributed by atoms with Crippen LogP contribution in [0.5, 0.6) is 0 Å². The molecule has 0 amide bonds. The predicted octanol–water partition coefficient (Wildman–Crippen LogP) is 3.87. The Morgan fingerprint density at radius 2 is 1.80 bits per heavy atom. The molecule has 1 unspecified atom stereocenters. The number of aliphatic hydroxyl groups is 1. The van der Waals surface area contributed by atoms with Crippen LogP contribution in [0.4, 0.5) is 0 Å². The minimum Gasteiger partial charge on any atom is -0.389 e. The van der Waals surface area contributed by atoms with Gasteiger partial charge in [-0.1, -0.05) is 32.1 Å². The van der Waals surface area contributed by atoms with Crippen molar-refractivity contribution in [2.45, 2.75) is 82.8 Å². The van der Waals surface area contributed by atoms with Crippen molar-refractivity contribution in [2.75, 3.05) is 0 Å². The Morgan fingerprint density at radius 3 is 2.50 bits per heavy atom. The van der Waals surface area contributed by atoms with Gasteiger partial charge in [-0.15, -0.1) is 0 Å². The van der Waals surface area contributed by atoms with Crippen molar-refractivity contribution in [3.8, 4) is 0 Å². The Balaban J connectivity index is 1.64. The van der Waals surface area contributed by atoms with Crippen molar-refractivity contribution in [1.29, 1.82) is 0 Å². The van der Waals surface area contributed by atoms with E-state index in [1.807, 2.05) is 6.92 Å². The van der Waals surface area contributed by atoms with E-state index in [1.54, 1.807) is 0 Å². The molecule has 0 aliphatic heterocycles. The third kappa shape index (κ3) is 3.08. The minimum absolute atomic E-state index is 0.452. The summed E-state index contributed by atoms with van der Waals surface area (Å²) in [6.07, 6.45) is 14.3. The van der Waals surface area contributed by atoms with Gasteiger partial charge in [0.1, 0.15) is 0 Å². The SMILES string of the molecule is CC(O)(Cc1ccn(C2CCCC2)n1)C1CCCCC1. The molecule has 1 N–H and O–H groups in total. The fraction of sp³-hybridized carbons (Fsp3) is 0.824. The molecule has 0 saturated heterocycles. The fourth-order valence-electron chi connectivity index (χ4n) is 4.08. The first kappa shape index (κ1) is 14.1. The van der Waals surface area contributed by atoms with Gasteiger partial charge < -0.3 is 5.11 Å². The molecular weight excluding hydrogens is 248 g/mol. The van der Waals surface area contributed by atoms with Gasteiger partial charge in [0.25, 0.3) is 0 Å². The molecule has 3 rings (SSSR count). The molecule has 3 heteroatoms. The summed E-state index contributed by atoms with van der Waals surface area (Å²) >= 11 is 0. The summed E-state index contributed by atoms with van der Waals surface area (Å²) in [6.45, 7) is 2.01. The molecule has 2 aliphatic carbocycles. The first-order chi connectivity index (χ1) is 9.65. The molecule has 0 spiro atoms. The van der Waals surface area contributed by atoms with E-state index in [2.05, 4.69) is 16.9 Å². The lowest BCUT2D eigenvalue weighted by molar-refractivity contribution is -0.0168. The third-order valence-corrected chi connectivity index (χ3v) is 5.39. The summed E-state index contributed by atoms with van der Waals surface area (Å²) < 4.78 is 2.14. The van der Waals surface area contributed by atoms with Crippen molar-refractivity contribution in [1.82, 2.24) is 9.78 Å². The number of rotatable bonds is 4. The highest BCUT2D eigenvalue weighted by Crippen LogP contribution is 2.35. The topological polar surface area (TPSA) is 38.0 Å². The fourth-order valence-corrected chi connectivity index (χ4v) is 4.08. The second-order valence-electron chi connectivity index (χ2n) is 7.09. The average molecular weight is 276 g/mol. The van der Waals surface area contributed by atoms with Gasteiger partial charge in [0.05, 0.1) is 17.3 Å². The highest BCUT2D eigenvalue weighted by atomic mass is 16.3. The highest BCUT2D eigenvalue weighted by molar-refractivity contribution is 5.05. The van der Waals surface area contributed by atoms with E-state index in [0.29, 0.717) is 18.4 Å². The second-order valence-corrected chi connectivity index (χ2v) is 7.09. The number of hydrogen-bond donors (Lipinski definition) is 1. The van der Waals surface area contributed by atoms with Crippen LogP contribution in [0.3, 0.4) is 0 Å². The first-order valence-corrected chi connectivity index (χ1v) is 8.41. The lowest BCUT2D eigenvalue weighted by Gasteiger charge is -2.35. The number of hydrogen-bond acceptors (Lipinski definition) is 2. The maximum absolute atomic E-state index is 10.8. The molecule has 1 aromatic rings. The van der Waals surface area contributed by atoms with E-state index in [0.717, 1.165) is 5.69 Å². The van der Waals surface area contributed by atoms with Gasteiger partial charge in [-0.3, -0.25) is 4.68 Å². The average Bonchev–Trinajstić information content (AvgIpc) is 3.10. The van der Waals surface area contributed by atoms with Gasteiger partial charge in [0, 0.05) is 12.6 Å². The third-order valence-electron chi connectivity index (χ3n) is 5.39. The van der Waals surface area contributed by atoms with Gasteiger partial charge >= 0.3 is 0 Å². The Bertz CT molecular complexity index is 426. The molecule has 2 fully saturated rings. The van der Waals surface area contributed by atoms with Crippen molar-refractivity contribution in [2.24, 2.45) is 5.92 Å². The minimum atomic E-state index is -0.588. The van der Waals surface area contributed by atoms with Gasteiger partial charge in [0.2, 0.25) is 0 Å². The van der Waals surface area contributed by atoms with Crippen LogP contribution < -0.4 is 0 Å². The van der Waals surface area contributed by atoms with Crippen LogP contribution >= 0.6 is 0 Å². The summed E-state index contributed by atoms with van der Waals surface area (Å²) in [6, 6.07) is 2.71. The van der Waals surface area contributed by atoms with E-state index in [9.17, 15) is 5.11 Å². The van der Waals surface area contributed by atoms with Crippen molar-refractivity contribution >= 4 is 0 Å². The molecular formula is C17H28N2O. The largest absolute Gasteiger partial charge is 0.389 e. The molecule has 1 heterocycles. The quantitative estimate of drug-likeness (QED) is 0.906. The Labute approximate surface area is 122 Å². The molecule has 20 heavy (non-hydrogen) atoms. The maximum atomic E-state index is 10.8. The molecule has 0 bridgehead atoms. The van der Waals surface area contributed by atoms with Crippen LogP contribution in [0.25, 0.3) is 0 Å². The van der Waals surface area contributed by atoms with Crippen molar-refractivity contribution in [3.05, 3.63) is 18.0 Å². The lowest BCUT2D eigenvalue weighted by Crippen LogP contribution is -2.38. The van der Waals surface area contributed by atoms with E-state index >= 15 is 0 Å². The monoisotopic (exact) mass is 276 g/mol. The van der Waals surface area contributed by atoms with Crippen LogP contribution in [0.15, 0.2) is 12.3 Å². The molecule has 112 valence electrons. The van der Waals surface area contributed by atoms with E-state index in [4.69, 9.17) is 5.10 Å². The predicted molar refractivity (Wildman–Crippen MR) is 80.6 cm³/mol. The van der Waals surface area contributed by atoms with Crippen LogP contribution in [-0.2, 0) is 6.42 Å². The zero-order chi connectivity index (χ0) is 14.0. The first-order valence-electron chi connectivity index (χ1n) is 8.41. The van der Waals surface area contributed by atoms with Crippen LogP contribution in [0, 0.1) is 5.92 Å². The highest BCUT2D eigenvalue weighted by Gasteiger charge is 2.33. The maximum Gasteiger partial charge on any atom is 0.0703 e. The molecule has 2 aliphatic rings. The Hall–Kier alpha value is -0.830. The molecule has 1 aromatic heterocycles. The van der Waals surface area contributed by atoms with E-state index in [1.165, 1.54) is 57.8 Å². The second kappa shape index (κ2) is 5.88. The molecule has 0 aromatic carbocycles. The van der Waals surface area contributed by atoms with Crippen molar-refractivity contribution < 1.29 is 5.11 Å². The molecule has 2 saturated carbocycles. The number of aromatic nitrogens is 2. The van der Waals surface area contributed by atoms with E-state index < -0.39 is 5.60 Å². The Kier molecular flexibility index (Phi) is 4.16. The van der Waals surface area contributed by atoms with Gasteiger partial charge in [-0.25, -0.2) is 0 Å². The zero-order valence-corrected chi connectivity index (χ0v) is 12.7. The lowest BCUT2D eigenvalue weighted by atomic mass is 9.76. The molecule has 1 atom stereocenters. The molecule has 0 radical (unpaired) electrons. The summed E-state index contributed by atoms with van der Waals surface area (Å²) in [5, 5.41) is 15.5. The smallest absolute Gasteiger partial charge is 0.0703 e. The summed E-state index contributed by atoms with van der Waals surface area (Å²) in [5.74, 6) is 0.452. The van der Waals surface area contributed by atoms with E-state index in [-0.39, 0.29) is 0 Å². The van der Waals surface area contributed by atoms with Crippen LogP contribution in [-0.4, -0.2) is 20.5 Å². The van der Waals surface area contributed by atoms with Gasteiger partial charge in [0.15, 0.2) is 0 Å². The van der Waals surface area contributed by atoms with Gasteiger partial charge in [-0.05, 0) is 44.6 Å². The summed E-state index contributed by atoms with van der Waals surface area (Å²) in [4.78, 5) is 0. The normalized spacial score (nSPS) is 24.9. The summed E-state index contributed by atoms with van der Waals surface area (Å²) in [5.41, 5.74) is 0.474. The standard InChI is InChI=1S/C17H28N2O/c1-17(20,14-7-3-2-4-8-14)13-15-11-12-19(18-15)16-9-5-6-10-16/h11-12,14,16,20H,2-10,13H2,1H3. The van der Waals surface area contributed by atoms with Gasteiger partial charge in [-0.2, -0.15) is 5.10 Å². The molecule has 3 nitrogen and oxygen atoms in total. The van der Waals surface area contributed by atoms with Crippen LogP contribution in [0.1, 0.15) is 76.4 Å². The van der Waals surface area contributed by atoms with Crippen molar-refractivity contribution in [3.63, 3.8) is 0 Å². The Morgan fingerprint density at radius 1 is 1.15 bits per heavy atom. The zero-order valence-electron chi connectivity index (χ0n) is 12.7. The summed E-state index contributed by atoms with van der Waals surface area (Å²) in [7, 11) is 0.